The molecule has 1 atom stereocenters. The van der Waals surface area contributed by atoms with E-state index in [-0.39, 0.29) is 24.5 Å². The molecule has 1 aliphatic heterocycles. The van der Waals surface area contributed by atoms with Crippen molar-refractivity contribution in [1.82, 2.24) is 0 Å². The van der Waals surface area contributed by atoms with Gasteiger partial charge in [0.1, 0.15) is 6.10 Å². The van der Waals surface area contributed by atoms with Crippen molar-refractivity contribution in [3.8, 4) is 0 Å². The second-order valence-corrected chi connectivity index (χ2v) is 9.53. The van der Waals surface area contributed by atoms with E-state index in [1.807, 2.05) is 6.07 Å². The molecule has 1 heterocycles. The van der Waals surface area contributed by atoms with E-state index in [2.05, 4.69) is 11.0 Å². The summed E-state index contributed by atoms with van der Waals surface area (Å²) in [5.41, 5.74) is 6.45. The number of carbonyl (C=O) groups is 1. The molecular formula is C26H28F6N2O2. The van der Waals surface area contributed by atoms with Crippen LogP contribution >= 0.6 is 0 Å². The van der Waals surface area contributed by atoms with Gasteiger partial charge >= 0.3 is 18.4 Å². The van der Waals surface area contributed by atoms with Gasteiger partial charge in [0, 0.05) is 31.6 Å². The monoisotopic (exact) mass is 514 g/mol. The number of hydrogen-bond donors (Lipinski definition) is 1. The highest BCUT2D eigenvalue weighted by Crippen LogP contribution is 2.37. The predicted molar refractivity (Wildman–Crippen MR) is 123 cm³/mol. The summed E-state index contributed by atoms with van der Waals surface area (Å²) in [5, 5.41) is 0. The number of benzene rings is 2. The van der Waals surface area contributed by atoms with Crippen LogP contribution in [0.4, 0.5) is 36.8 Å². The number of aryl methyl sites for hydroxylation is 2. The number of carbonyl (C=O) groups excluding carboxylic acids is 1. The third-order valence-electron chi connectivity index (χ3n) is 6.83. The predicted octanol–water partition coefficient (Wildman–Crippen LogP) is 6.45. The van der Waals surface area contributed by atoms with Gasteiger partial charge < -0.3 is 15.4 Å². The van der Waals surface area contributed by atoms with Gasteiger partial charge in [0.2, 0.25) is 0 Å². The summed E-state index contributed by atoms with van der Waals surface area (Å²) in [6.07, 6.45) is -6.25. The molecule has 0 radical (unpaired) electrons. The van der Waals surface area contributed by atoms with Crippen molar-refractivity contribution < 1.29 is 35.9 Å². The molecule has 10 heteroatoms. The van der Waals surface area contributed by atoms with Gasteiger partial charge in [-0.2, -0.15) is 26.3 Å². The average Bonchev–Trinajstić information content (AvgIpc) is 3.25. The van der Waals surface area contributed by atoms with E-state index in [4.69, 9.17) is 10.5 Å². The summed E-state index contributed by atoms with van der Waals surface area (Å²) in [4.78, 5) is 13.9. The van der Waals surface area contributed by atoms with Gasteiger partial charge in [0.05, 0.1) is 11.1 Å². The zero-order valence-corrected chi connectivity index (χ0v) is 19.6. The Hall–Kier alpha value is -2.91. The number of hydrogen-bond acceptors (Lipinski definition) is 3. The van der Waals surface area contributed by atoms with Gasteiger partial charge in [-0.15, -0.1) is 0 Å². The summed E-state index contributed by atoms with van der Waals surface area (Å²) in [7, 11) is 0. The molecule has 2 aromatic rings. The molecule has 196 valence electrons. The minimum absolute atomic E-state index is 0.0857. The Balaban J connectivity index is 1.69. The first kappa shape index (κ1) is 26.2. The lowest BCUT2D eigenvalue weighted by Gasteiger charge is -2.32. The van der Waals surface area contributed by atoms with Crippen LogP contribution < -0.4 is 10.6 Å². The summed E-state index contributed by atoms with van der Waals surface area (Å²) in [5.74, 6) is 0. The first-order chi connectivity index (χ1) is 16.9. The second-order valence-electron chi connectivity index (χ2n) is 9.53. The fourth-order valence-corrected chi connectivity index (χ4v) is 5.22. The van der Waals surface area contributed by atoms with Gasteiger partial charge in [-0.05, 0) is 85.0 Å². The Kier molecular flexibility index (Phi) is 7.43. The molecular weight excluding hydrogens is 486 g/mol. The summed E-state index contributed by atoms with van der Waals surface area (Å²) < 4.78 is 85.3. The van der Waals surface area contributed by atoms with Crippen LogP contribution in [0.25, 0.3) is 0 Å². The SMILES string of the molecule is NC(=O)OC(Cc1cc(C(F)(F)F)cc(C(F)(F)F)c1)Cc1cc2c(cc1N1CCCCC1)CCC2. The maximum atomic E-state index is 13.3. The van der Waals surface area contributed by atoms with E-state index >= 15 is 0 Å². The molecule has 1 saturated heterocycles. The molecule has 0 saturated carbocycles. The summed E-state index contributed by atoms with van der Waals surface area (Å²) in [6, 6.07) is 5.59. The minimum atomic E-state index is -4.96. The van der Waals surface area contributed by atoms with Crippen molar-refractivity contribution >= 4 is 11.8 Å². The van der Waals surface area contributed by atoms with Crippen LogP contribution in [-0.4, -0.2) is 25.3 Å². The van der Waals surface area contributed by atoms with E-state index in [0.29, 0.717) is 12.1 Å². The molecule has 0 bridgehead atoms. The van der Waals surface area contributed by atoms with Gasteiger partial charge in [-0.3, -0.25) is 0 Å². The third kappa shape index (κ3) is 6.25. The van der Waals surface area contributed by atoms with Gasteiger partial charge in [-0.25, -0.2) is 4.79 Å². The van der Waals surface area contributed by atoms with Gasteiger partial charge in [-0.1, -0.05) is 6.07 Å². The van der Waals surface area contributed by atoms with E-state index < -0.39 is 35.7 Å². The van der Waals surface area contributed by atoms with Crippen molar-refractivity contribution in [2.75, 3.05) is 18.0 Å². The number of rotatable bonds is 6. The lowest BCUT2D eigenvalue weighted by molar-refractivity contribution is -0.143. The molecule has 0 aromatic heterocycles. The number of piperidine rings is 1. The number of halogens is 6. The van der Waals surface area contributed by atoms with Crippen molar-refractivity contribution in [3.63, 3.8) is 0 Å². The van der Waals surface area contributed by atoms with Crippen molar-refractivity contribution in [2.24, 2.45) is 5.73 Å². The number of amides is 1. The summed E-state index contributed by atoms with van der Waals surface area (Å²) in [6.45, 7) is 1.71. The highest BCUT2D eigenvalue weighted by atomic mass is 19.4. The zero-order valence-electron chi connectivity index (χ0n) is 19.6. The average molecular weight is 515 g/mol. The number of alkyl halides is 6. The molecule has 1 fully saturated rings. The van der Waals surface area contributed by atoms with E-state index in [1.165, 1.54) is 11.1 Å². The van der Waals surface area contributed by atoms with E-state index in [1.54, 1.807) is 0 Å². The van der Waals surface area contributed by atoms with Gasteiger partial charge in [0.15, 0.2) is 0 Å². The molecule has 0 spiro atoms. The van der Waals surface area contributed by atoms with Crippen molar-refractivity contribution in [1.29, 1.82) is 0 Å². The Labute approximate surface area is 205 Å². The highest BCUT2D eigenvalue weighted by molar-refractivity contribution is 5.65. The third-order valence-corrected chi connectivity index (χ3v) is 6.83. The maximum absolute atomic E-state index is 13.3. The Morgan fingerprint density at radius 2 is 1.42 bits per heavy atom. The molecule has 4 nitrogen and oxygen atoms in total. The first-order valence-corrected chi connectivity index (χ1v) is 12.0. The molecule has 4 rings (SSSR count). The van der Waals surface area contributed by atoms with Crippen LogP contribution in [0, 0.1) is 0 Å². The number of fused-ring (bicyclic) bond motifs is 1. The molecule has 1 aliphatic carbocycles. The second kappa shape index (κ2) is 10.2. The molecule has 2 N–H and O–H groups in total. The van der Waals surface area contributed by atoms with Gasteiger partial charge in [0.25, 0.3) is 0 Å². The quantitative estimate of drug-likeness (QED) is 0.451. The fourth-order valence-electron chi connectivity index (χ4n) is 5.22. The number of primary amides is 1. The first-order valence-electron chi connectivity index (χ1n) is 12.0. The van der Waals surface area contributed by atoms with Crippen LogP contribution in [0.1, 0.15) is 59.1 Å². The smallest absolute Gasteiger partial charge is 0.416 e. The fraction of sp³-hybridized carbons (Fsp3) is 0.500. The Bertz CT molecular complexity index is 1070. The number of anilines is 1. The lowest BCUT2D eigenvalue weighted by atomic mass is 9.94. The van der Waals surface area contributed by atoms with Crippen LogP contribution in [-0.2, 0) is 42.8 Å². The number of nitrogens with zero attached hydrogens (tertiary/aromatic N) is 1. The minimum Gasteiger partial charge on any atom is -0.446 e. The molecule has 1 amide bonds. The Morgan fingerprint density at radius 1 is 0.833 bits per heavy atom. The molecule has 2 aliphatic rings. The number of ether oxygens (including phenoxy) is 1. The van der Waals surface area contributed by atoms with Crippen LogP contribution in [0.15, 0.2) is 30.3 Å². The van der Waals surface area contributed by atoms with Crippen LogP contribution in [0.2, 0.25) is 0 Å². The van der Waals surface area contributed by atoms with Crippen LogP contribution in [0.3, 0.4) is 0 Å². The lowest BCUT2D eigenvalue weighted by Crippen LogP contribution is -2.32. The summed E-state index contributed by atoms with van der Waals surface area (Å²) >= 11 is 0. The highest BCUT2D eigenvalue weighted by Gasteiger charge is 2.37. The van der Waals surface area contributed by atoms with E-state index in [0.717, 1.165) is 62.9 Å². The number of nitrogens with two attached hydrogens (primary N) is 1. The Morgan fingerprint density at radius 3 is 1.97 bits per heavy atom. The molecule has 1 unspecified atom stereocenters. The normalized spacial score (nSPS) is 17.1. The van der Waals surface area contributed by atoms with Crippen LogP contribution in [0.5, 0.6) is 0 Å². The largest absolute Gasteiger partial charge is 0.446 e. The van der Waals surface area contributed by atoms with Crippen molar-refractivity contribution in [3.05, 3.63) is 63.7 Å². The van der Waals surface area contributed by atoms with E-state index in [9.17, 15) is 31.1 Å². The zero-order chi connectivity index (χ0) is 26.1. The molecule has 2 aromatic carbocycles. The van der Waals surface area contributed by atoms with Crippen molar-refractivity contribution in [2.45, 2.75) is 69.8 Å². The standard InChI is InChI=1S/C26H28F6N2O2/c27-25(28,29)20-9-16(10-21(15-20)26(30,31)32)11-22(36-24(33)35)13-19-12-17-5-4-6-18(17)14-23(19)34-7-2-1-3-8-34/h9-10,12,14-15,22H,1-8,11,13H2,(H2,33,35). The maximum Gasteiger partial charge on any atom is 0.416 e. The molecule has 36 heavy (non-hydrogen) atoms. The topological polar surface area (TPSA) is 55.6 Å².